The first-order chi connectivity index (χ1) is 10.1. The predicted octanol–water partition coefficient (Wildman–Crippen LogP) is 3.81. The molecule has 0 fully saturated rings. The molecule has 0 atom stereocenters. The Morgan fingerprint density at radius 1 is 1.24 bits per heavy atom. The van der Waals surface area contributed by atoms with Gasteiger partial charge in [-0.15, -0.1) is 22.7 Å². The van der Waals surface area contributed by atoms with Crippen molar-refractivity contribution in [3.63, 3.8) is 0 Å². The number of rotatable bonds is 2. The normalized spacial score (nSPS) is 13.6. The van der Waals surface area contributed by atoms with E-state index in [-0.39, 0.29) is 11.8 Å². The molecule has 3 aromatic heterocycles. The van der Waals surface area contributed by atoms with Crippen LogP contribution in [0.25, 0.3) is 10.6 Å². The number of aromatic amines is 1. The molecule has 21 heavy (non-hydrogen) atoms. The van der Waals surface area contributed by atoms with Crippen molar-refractivity contribution < 1.29 is 9.90 Å². The molecule has 0 radical (unpaired) electrons. The summed E-state index contributed by atoms with van der Waals surface area (Å²) in [6.07, 6.45) is 0. The number of nitrogens with one attached hydrogen (secondary N) is 1. The molecule has 0 aliphatic carbocycles. The van der Waals surface area contributed by atoms with Crippen molar-refractivity contribution in [1.82, 2.24) is 4.98 Å². The molecule has 1 aliphatic heterocycles. The summed E-state index contributed by atoms with van der Waals surface area (Å²) in [7, 11) is 0. The molecule has 0 unspecified atom stereocenters. The smallest absolute Gasteiger partial charge is 0.280 e. The van der Waals surface area contributed by atoms with E-state index in [0.29, 0.717) is 22.5 Å². The highest BCUT2D eigenvalue weighted by atomic mass is 32.1. The highest BCUT2D eigenvalue weighted by Gasteiger charge is 2.34. The van der Waals surface area contributed by atoms with Gasteiger partial charge in [0.25, 0.3) is 5.91 Å². The van der Waals surface area contributed by atoms with E-state index in [0.717, 1.165) is 15.3 Å². The Bertz CT molecular complexity index is 885. The zero-order valence-corrected chi connectivity index (χ0v) is 12.6. The van der Waals surface area contributed by atoms with Crippen LogP contribution in [0.1, 0.15) is 26.4 Å². The molecule has 4 rings (SSSR count). The topological polar surface area (TPSA) is 65.5 Å². The van der Waals surface area contributed by atoms with Gasteiger partial charge in [-0.1, -0.05) is 6.07 Å². The molecule has 4 nitrogen and oxygen atoms in total. The van der Waals surface area contributed by atoms with Gasteiger partial charge in [0.15, 0.2) is 5.88 Å². The van der Waals surface area contributed by atoms with Crippen LogP contribution in [0.15, 0.2) is 34.0 Å². The number of thiophene rings is 2. The fourth-order valence-corrected chi connectivity index (χ4v) is 4.11. The molecule has 4 heterocycles. The van der Waals surface area contributed by atoms with Crippen LogP contribution in [0.5, 0.6) is 5.88 Å². The maximum absolute atomic E-state index is 12.3. The van der Waals surface area contributed by atoms with E-state index in [1.54, 1.807) is 0 Å². The Hall–Kier alpha value is -2.18. The van der Waals surface area contributed by atoms with Crippen LogP contribution < -0.4 is 0 Å². The summed E-state index contributed by atoms with van der Waals surface area (Å²) in [6.45, 7) is 1.99. The molecular weight excluding hydrogens is 304 g/mol. The van der Waals surface area contributed by atoms with E-state index in [4.69, 9.17) is 0 Å². The lowest BCUT2D eigenvalue weighted by atomic mass is 10.1. The minimum atomic E-state index is -0.300. The maximum atomic E-state index is 12.3. The van der Waals surface area contributed by atoms with Crippen LogP contribution in [0.4, 0.5) is 0 Å². The van der Waals surface area contributed by atoms with E-state index in [9.17, 15) is 9.90 Å². The van der Waals surface area contributed by atoms with E-state index in [1.807, 2.05) is 35.9 Å². The maximum Gasteiger partial charge on any atom is 0.280 e. The summed E-state index contributed by atoms with van der Waals surface area (Å²) in [5, 5.41) is 14.2. The Balaban J connectivity index is 1.93. The average molecular weight is 314 g/mol. The van der Waals surface area contributed by atoms with Crippen molar-refractivity contribution >= 4 is 34.3 Å². The van der Waals surface area contributed by atoms with Crippen LogP contribution in [0.3, 0.4) is 0 Å². The van der Waals surface area contributed by atoms with Crippen molar-refractivity contribution in [3.05, 3.63) is 50.5 Å². The average Bonchev–Trinajstić information content (AvgIpc) is 3.17. The Morgan fingerprint density at radius 3 is 2.76 bits per heavy atom. The number of fused-ring (bicyclic) bond motifs is 1. The van der Waals surface area contributed by atoms with E-state index >= 15 is 0 Å². The number of amides is 1. The molecule has 0 saturated heterocycles. The van der Waals surface area contributed by atoms with Gasteiger partial charge in [0, 0.05) is 0 Å². The Kier molecular flexibility index (Phi) is 2.63. The van der Waals surface area contributed by atoms with Gasteiger partial charge in [-0.05, 0) is 35.4 Å². The van der Waals surface area contributed by atoms with Gasteiger partial charge in [-0.3, -0.25) is 4.79 Å². The lowest BCUT2D eigenvalue weighted by Gasteiger charge is -1.96. The number of carbonyl (C=O) groups excluding carboxylic acids is 1. The van der Waals surface area contributed by atoms with Crippen LogP contribution in [0, 0.1) is 6.92 Å². The van der Waals surface area contributed by atoms with Crippen molar-refractivity contribution in [1.29, 1.82) is 0 Å². The standard InChI is InChI=1S/C15H10N2O2S2/c1-7-5-9(21-6-7)13-11-10(14(18)17-13)12(16-15(11)19)8-3-2-4-20-8/h2-6,16,19H,1H3. The van der Waals surface area contributed by atoms with Gasteiger partial charge in [0.1, 0.15) is 0 Å². The first-order valence-corrected chi connectivity index (χ1v) is 8.09. The Morgan fingerprint density at radius 2 is 2.10 bits per heavy atom. The molecule has 1 aliphatic rings. The zero-order valence-electron chi connectivity index (χ0n) is 11.0. The SMILES string of the molecule is Cc1csc(C2=NC(=O)c3c(-c4cccs4)[nH]c(O)c32)c1. The number of aromatic nitrogens is 1. The van der Waals surface area contributed by atoms with Gasteiger partial charge >= 0.3 is 0 Å². The molecule has 0 spiro atoms. The number of nitrogens with zero attached hydrogens (tertiary/aromatic N) is 1. The highest BCUT2D eigenvalue weighted by Crippen LogP contribution is 2.40. The number of H-pyrrole nitrogens is 1. The number of aromatic hydroxyl groups is 1. The summed E-state index contributed by atoms with van der Waals surface area (Å²) in [4.78, 5) is 21.2. The first kappa shape index (κ1) is 12.6. The monoisotopic (exact) mass is 314 g/mol. The van der Waals surface area contributed by atoms with E-state index < -0.39 is 0 Å². The van der Waals surface area contributed by atoms with Gasteiger partial charge in [0.05, 0.1) is 32.3 Å². The fourth-order valence-electron chi connectivity index (χ4n) is 2.48. The van der Waals surface area contributed by atoms with Gasteiger partial charge < -0.3 is 10.1 Å². The fraction of sp³-hybridized carbons (Fsp3) is 0.0667. The predicted molar refractivity (Wildman–Crippen MR) is 84.8 cm³/mol. The van der Waals surface area contributed by atoms with Crippen LogP contribution in [0.2, 0.25) is 0 Å². The summed E-state index contributed by atoms with van der Waals surface area (Å²) < 4.78 is 0. The molecule has 0 bridgehead atoms. The number of hydrogen-bond donors (Lipinski definition) is 2. The van der Waals surface area contributed by atoms with Gasteiger partial charge in [0.2, 0.25) is 0 Å². The quantitative estimate of drug-likeness (QED) is 0.755. The third kappa shape index (κ3) is 1.80. The van der Waals surface area contributed by atoms with E-state index in [2.05, 4.69) is 9.98 Å². The molecule has 0 saturated carbocycles. The lowest BCUT2D eigenvalue weighted by molar-refractivity contribution is 0.101. The van der Waals surface area contributed by atoms with Crippen LogP contribution in [-0.4, -0.2) is 21.7 Å². The second-order valence-corrected chi connectivity index (χ2v) is 6.69. The molecule has 1 amide bonds. The first-order valence-electron chi connectivity index (χ1n) is 6.33. The molecular formula is C15H10N2O2S2. The lowest BCUT2D eigenvalue weighted by Crippen LogP contribution is -1.96. The summed E-state index contributed by atoms with van der Waals surface area (Å²) in [6, 6.07) is 5.80. The summed E-state index contributed by atoms with van der Waals surface area (Å²) >= 11 is 3.04. The molecule has 104 valence electrons. The van der Waals surface area contributed by atoms with Crippen molar-refractivity contribution in [2.75, 3.05) is 0 Å². The minimum Gasteiger partial charge on any atom is -0.494 e. The van der Waals surface area contributed by atoms with Crippen molar-refractivity contribution in [3.8, 4) is 16.5 Å². The highest BCUT2D eigenvalue weighted by molar-refractivity contribution is 7.13. The molecule has 2 N–H and O–H groups in total. The molecule has 6 heteroatoms. The second kappa shape index (κ2) is 4.41. The minimum absolute atomic E-state index is 0.00375. The van der Waals surface area contributed by atoms with Crippen LogP contribution >= 0.6 is 22.7 Å². The van der Waals surface area contributed by atoms with Crippen molar-refractivity contribution in [2.24, 2.45) is 4.99 Å². The summed E-state index contributed by atoms with van der Waals surface area (Å²) in [5.74, 6) is -0.296. The largest absolute Gasteiger partial charge is 0.494 e. The second-order valence-electron chi connectivity index (χ2n) is 4.83. The molecule has 3 aromatic rings. The Labute approximate surface area is 128 Å². The molecule has 0 aromatic carbocycles. The third-order valence-corrected chi connectivity index (χ3v) is 5.32. The number of aryl methyl sites for hydroxylation is 1. The van der Waals surface area contributed by atoms with Crippen molar-refractivity contribution in [2.45, 2.75) is 6.92 Å². The summed E-state index contributed by atoms with van der Waals surface area (Å²) in [5.41, 5.74) is 3.31. The number of hydrogen-bond acceptors (Lipinski definition) is 4. The number of carbonyl (C=O) groups is 1. The van der Waals surface area contributed by atoms with Gasteiger partial charge in [-0.2, -0.15) is 0 Å². The zero-order chi connectivity index (χ0) is 14.6. The third-order valence-electron chi connectivity index (χ3n) is 3.38. The van der Waals surface area contributed by atoms with Gasteiger partial charge in [-0.25, -0.2) is 4.99 Å². The van der Waals surface area contributed by atoms with Crippen LogP contribution in [-0.2, 0) is 0 Å². The number of aliphatic imine (C=N–C) groups is 1. The van der Waals surface area contributed by atoms with E-state index in [1.165, 1.54) is 22.7 Å².